The molecular weight excluding hydrogens is 459 g/mol. The summed E-state index contributed by atoms with van der Waals surface area (Å²) in [5.41, 5.74) is 0.817. The van der Waals surface area contributed by atoms with Gasteiger partial charge in [0.25, 0.3) is 0 Å². The van der Waals surface area contributed by atoms with E-state index in [1.165, 1.54) is 6.33 Å². The second-order valence-corrected chi connectivity index (χ2v) is 6.13. The fourth-order valence-corrected chi connectivity index (χ4v) is 2.31. The lowest BCUT2D eigenvalue weighted by atomic mass is 10.1. The molecule has 3 N–H and O–H groups in total. The molecule has 1 atom stereocenters. The fourth-order valence-electron chi connectivity index (χ4n) is 2.31. The van der Waals surface area contributed by atoms with Crippen LogP contribution in [-0.2, 0) is 13.6 Å². The maximum absolute atomic E-state index is 10.4. The number of aryl methyl sites for hydroxylation is 1. The van der Waals surface area contributed by atoms with Gasteiger partial charge in [-0.25, -0.2) is 9.98 Å². The van der Waals surface area contributed by atoms with Crippen molar-refractivity contribution in [3.05, 3.63) is 42.0 Å². The summed E-state index contributed by atoms with van der Waals surface area (Å²) in [6.07, 6.45) is 0.976. The average molecular weight is 488 g/mol. The number of rotatable bonds is 8. The van der Waals surface area contributed by atoms with Crippen molar-refractivity contribution >= 4 is 29.9 Å². The zero-order valence-electron chi connectivity index (χ0n) is 16.2. The summed E-state index contributed by atoms with van der Waals surface area (Å²) in [6, 6.07) is 7.47. The third-order valence-electron chi connectivity index (χ3n) is 3.63. The summed E-state index contributed by atoms with van der Waals surface area (Å²) in [6.45, 7) is 7.42. The van der Waals surface area contributed by atoms with Crippen LogP contribution in [0.15, 0.2) is 35.6 Å². The Labute approximate surface area is 177 Å². The Morgan fingerprint density at radius 1 is 1.26 bits per heavy atom. The predicted molar refractivity (Wildman–Crippen MR) is 116 cm³/mol. The lowest BCUT2D eigenvalue weighted by Gasteiger charge is -2.16. The molecule has 0 bridgehead atoms. The highest BCUT2D eigenvalue weighted by molar-refractivity contribution is 14.0. The van der Waals surface area contributed by atoms with E-state index in [0.29, 0.717) is 19.0 Å². The van der Waals surface area contributed by atoms with Crippen LogP contribution >= 0.6 is 24.0 Å². The van der Waals surface area contributed by atoms with Crippen molar-refractivity contribution in [2.75, 3.05) is 13.1 Å². The van der Waals surface area contributed by atoms with Crippen molar-refractivity contribution in [3.8, 4) is 5.75 Å². The van der Waals surface area contributed by atoms with Crippen molar-refractivity contribution in [1.82, 2.24) is 25.4 Å². The van der Waals surface area contributed by atoms with Crippen LogP contribution in [0.4, 0.5) is 0 Å². The lowest BCUT2D eigenvalue weighted by molar-refractivity contribution is 0.180. The summed E-state index contributed by atoms with van der Waals surface area (Å²) >= 11 is 0. The van der Waals surface area contributed by atoms with E-state index in [1.807, 2.05) is 52.1 Å². The maximum atomic E-state index is 10.4. The second kappa shape index (κ2) is 11.8. The van der Waals surface area contributed by atoms with Gasteiger partial charge in [0.05, 0.1) is 12.2 Å². The van der Waals surface area contributed by atoms with Crippen LogP contribution in [0.2, 0.25) is 0 Å². The molecule has 0 aliphatic carbocycles. The van der Waals surface area contributed by atoms with Crippen LogP contribution in [0.5, 0.6) is 5.75 Å². The molecule has 0 radical (unpaired) electrons. The van der Waals surface area contributed by atoms with Crippen LogP contribution in [0.25, 0.3) is 0 Å². The van der Waals surface area contributed by atoms with E-state index >= 15 is 0 Å². The molecule has 1 unspecified atom stereocenters. The Morgan fingerprint density at radius 2 is 1.96 bits per heavy atom. The minimum Gasteiger partial charge on any atom is -0.491 e. The predicted octanol–water partition coefficient (Wildman–Crippen LogP) is 2.01. The molecule has 150 valence electrons. The number of hydrogen-bond acceptors (Lipinski definition) is 5. The molecule has 1 aromatic carbocycles. The number of nitrogens with one attached hydrogen (secondary N) is 2. The van der Waals surface area contributed by atoms with E-state index in [9.17, 15) is 5.11 Å². The van der Waals surface area contributed by atoms with Gasteiger partial charge in [0, 0.05) is 20.1 Å². The highest BCUT2D eigenvalue weighted by Gasteiger charge is 2.09. The first-order valence-electron chi connectivity index (χ1n) is 8.79. The summed E-state index contributed by atoms with van der Waals surface area (Å²) in [7, 11) is 1.83. The van der Waals surface area contributed by atoms with Crippen LogP contribution < -0.4 is 15.4 Å². The highest BCUT2D eigenvalue weighted by Crippen LogP contribution is 2.18. The molecular formula is C18H29IN6O2. The molecule has 9 heteroatoms. The number of aromatic nitrogens is 3. The Morgan fingerprint density at radius 3 is 2.52 bits per heavy atom. The topological polar surface area (TPSA) is 96.6 Å². The number of benzene rings is 1. The number of aliphatic hydroxyl groups is 1. The van der Waals surface area contributed by atoms with Crippen molar-refractivity contribution in [1.29, 1.82) is 0 Å². The molecule has 2 rings (SSSR count). The number of guanidine groups is 1. The van der Waals surface area contributed by atoms with Gasteiger partial charge >= 0.3 is 0 Å². The molecule has 0 aliphatic rings. The summed E-state index contributed by atoms with van der Waals surface area (Å²) in [4.78, 5) is 8.62. The second-order valence-electron chi connectivity index (χ2n) is 6.13. The fraction of sp³-hybridized carbons (Fsp3) is 0.500. The molecule has 27 heavy (non-hydrogen) atoms. The molecule has 1 heterocycles. The van der Waals surface area contributed by atoms with Gasteiger partial charge in [-0.2, -0.15) is 5.10 Å². The van der Waals surface area contributed by atoms with Crippen LogP contribution in [0.1, 0.15) is 38.3 Å². The quantitative estimate of drug-likeness (QED) is 0.299. The summed E-state index contributed by atoms with van der Waals surface area (Å²) in [5, 5.41) is 20.7. The molecule has 0 spiro atoms. The van der Waals surface area contributed by atoms with Gasteiger partial charge in [-0.15, -0.1) is 24.0 Å². The Balaban J connectivity index is 0.00000364. The van der Waals surface area contributed by atoms with Crippen LogP contribution in [0.3, 0.4) is 0 Å². The molecule has 1 aromatic heterocycles. The number of halogens is 1. The van der Waals surface area contributed by atoms with Gasteiger partial charge in [-0.3, -0.25) is 4.68 Å². The minimum atomic E-state index is -0.651. The standard InChI is InChI=1S/C18H28N6O2.HI/c1-5-19-18(21-11-17-22-12-23-24(17)4)20-10-16(25)14-6-8-15(9-7-14)26-13(2)3;/h6-9,12-13,16,25H,5,10-11H2,1-4H3,(H2,19,20,21);1H. The SMILES string of the molecule is CCNC(=NCc1ncnn1C)NCC(O)c1ccc(OC(C)C)cc1.I. The van der Waals surface area contributed by atoms with Crippen molar-refractivity contribution in [2.24, 2.45) is 12.0 Å². The normalized spacial score (nSPS) is 12.4. The van der Waals surface area contributed by atoms with E-state index in [0.717, 1.165) is 23.7 Å². The molecule has 2 aromatic rings. The van der Waals surface area contributed by atoms with Crippen molar-refractivity contribution in [2.45, 2.75) is 39.5 Å². The third-order valence-corrected chi connectivity index (χ3v) is 3.63. The number of aliphatic imine (C=N–C) groups is 1. The number of aliphatic hydroxyl groups excluding tert-OH is 1. The van der Waals surface area contributed by atoms with Gasteiger partial charge < -0.3 is 20.5 Å². The first kappa shape index (κ1) is 23.2. The van der Waals surface area contributed by atoms with Gasteiger partial charge in [0.15, 0.2) is 5.96 Å². The van der Waals surface area contributed by atoms with Gasteiger partial charge in [-0.05, 0) is 38.5 Å². The Kier molecular flexibility index (Phi) is 10.1. The third kappa shape index (κ3) is 7.71. The van der Waals surface area contributed by atoms with Gasteiger partial charge in [-0.1, -0.05) is 12.1 Å². The van der Waals surface area contributed by atoms with Crippen molar-refractivity contribution in [3.63, 3.8) is 0 Å². The zero-order chi connectivity index (χ0) is 18.9. The maximum Gasteiger partial charge on any atom is 0.191 e. The number of hydrogen-bond donors (Lipinski definition) is 3. The first-order chi connectivity index (χ1) is 12.5. The molecule has 0 saturated heterocycles. The van der Waals surface area contributed by atoms with Crippen molar-refractivity contribution < 1.29 is 9.84 Å². The number of nitrogens with zero attached hydrogens (tertiary/aromatic N) is 4. The average Bonchev–Trinajstić information content (AvgIpc) is 3.02. The first-order valence-corrected chi connectivity index (χ1v) is 8.79. The molecule has 0 fully saturated rings. The molecule has 8 nitrogen and oxygen atoms in total. The van der Waals surface area contributed by atoms with Gasteiger partial charge in [0.1, 0.15) is 24.4 Å². The van der Waals surface area contributed by atoms with E-state index in [4.69, 9.17) is 4.74 Å². The van der Waals surface area contributed by atoms with E-state index < -0.39 is 6.10 Å². The van der Waals surface area contributed by atoms with E-state index in [2.05, 4.69) is 25.7 Å². The summed E-state index contributed by atoms with van der Waals surface area (Å²) < 4.78 is 7.30. The minimum absolute atomic E-state index is 0. The van der Waals surface area contributed by atoms with E-state index in [1.54, 1.807) is 4.68 Å². The van der Waals surface area contributed by atoms with E-state index in [-0.39, 0.29) is 30.1 Å². The molecule has 0 aliphatic heterocycles. The largest absolute Gasteiger partial charge is 0.491 e. The van der Waals surface area contributed by atoms with Crippen LogP contribution in [0, 0.1) is 0 Å². The monoisotopic (exact) mass is 488 g/mol. The van der Waals surface area contributed by atoms with Gasteiger partial charge in [0.2, 0.25) is 0 Å². The molecule has 0 saturated carbocycles. The van der Waals surface area contributed by atoms with Crippen LogP contribution in [-0.4, -0.2) is 45.0 Å². The summed E-state index contributed by atoms with van der Waals surface area (Å²) in [5.74, 6) is 2.18. The lowest BCUT2D eigenvalue weighted by Crippen LogP contribution is -2.39. The highest BCUT2D eigenvalue weighted by atomic mass is 127. The Bertz CT molecular complexity index is 702. The Hall–Kier alpha value is -1.88. The zero-order valence-corrected chi connectivity index (χ0v) is 18.5. The smallest absolute Gasteiger partial charge is 0.191 e. The molecule has 0 amide bonds. The number of ether oxygens (including phenoxy) is 1.